The van der Waals surface area contributed by atoms with Crippen LogP contribution in [-0.4, -0.2) is 28.2 Å². The third-order valence-electron chi connectivity index (χ3n) is 4.19. The van der Waals surface area contributed by atoms with E-state index in [9.17, 15) is 18.7 Å². The number of aliphatic hydroxyl groups is 1. The molecule has 0 radical (unpaired) electrons. The Hall–Kier alpha value is -1.49. The zero-order valence-corrected chi connectivity index (χ0v) is 12.0. The van der Waals surface area contributed by atoms with Crippen molar-refractivity contribution in [2.75, 3.05) is 0 Å². The monoisotopic (exact) mass is 298 g/mol. The highest BCUT2D eigenvalue weighted by Crippen LogP contribution is 2.39. The number of halogens is 2. The summed E-state index contributed by atoms with van der Waals surface area (Å²) >= 11 is 0. The average molecular weight is 298 g/mol. The van der Waals surface area contributed by atoms with E-state index < -0.39 is 18.0 Å². The smallest absolute Gasteiger partial charge is 0.332 e. The first-order valence-electron chi connectivity index (χ1n) is 7.16. The number of hydrogen-bond donors (Lipinski definition) is 2. The van der Waals surface area contributed by atoms with E-state index in [1.165, 1.54) is 0 Å². The summed E-state index contributed by atoms with van der Waals surface area (Å²) in [5.41, 5.74) is 2.91. The van der Waals surface area contributed by atoms with Gasteiger partial charge >= 0.3 is 5.97 Å². The van der Waals surface area contributed by atoms with E-state index in [2.05, 4.69) is 0 Å². The molecule has 2 rings (SSSR count). The summed E-state index contributed by atoms with van der Waals surface area (Å²) in [6, 6.07) is 0. The van der Waals surface area contributed by atoms with Crippen molar-refractivity contribution in [1.29, 1.82) is 0 Å². The lowest BCUT2D eigenvalue weighted by atomic mass is 9.80. The molecule has 0 aromatic rings. The standard InChI is InChI=1S/C16H20F2O3/c1-10-8-13(11-4-6-16(17,18)7-5-11)3-2-12(10)9-14(19)15(20)21/h2-4,10,14,19H,5-9H2,1H3,(H,20,21)/t10?,14-/m1/s1. The molecule has 5 heteroatoms. The van der Waals surface area contributed by atoms with Crippen molar-refractivity contribution >= 4 is 5.97 Å². The van der Waals surface area contributed by atoms with Gasteiger partial charge in [-0.1, -0.05) is 30.7 Å². The van der Waals surface area contributed by atoms with E-state index in [-0.39, 0.29) is 25.2 Å². The van der Waals surface area contributed by atoms with E-state index in [0.29, 0.717) is 12.8 Å². The minimum atomic E-state index is -2.59. The molecule has 0 aliphatic heterocycles. The molecule has 116 valence electrons. The molecule has 0 saturated heterocycles. The lowest BCUT2D eigenvalue weighted by Gasteiger charge is -2.27. The van der Waals surface area contributed by atoms with Crippen molar-refractivity contribution < 1.29 is 23.8 Å². The molecule has 21 heavy (non-hydrogen) atoms. The fourth-order valence-electron chi connectivity index (χ4n) is 2.80. The molecule has 2 aliphatic carbocycles. The minimum absolute atomic E-state index is 0.109. The summed E-state index contributed by atoms with van der Waals surface area (Å²) < 4.78 is 26.3. The summed E-state index contributed by atoms with van der Waals surface area (Å²) in [7, 11) is 0. The van der Waals surface area contributed by atoms with E-state index in [1.54, 1.807) is 6.08 Å². The first-order valence-corrected chi connectivity index (χ1v) is 7.16. The molecular weight excluding hydrogens is 278 g/mol. The molecule has 0 aromatic carbocycles. The summed E-state index contributed by atoms with van der Waals surface area (Å²) in [4.78, 5) is 10.7. The van der Waals surface area contributed by atoms with Crippen LogP contribution in [0, 0.1) is 5.92 Å². The lowest BCUT2D eigenvalue weighted by molar-refractivity contribution is -0.146. The van der Waals surface area contributed by atoms with Gasteiger partial charge in [0.1, 0.15) is 0 Å². The second-order valence-electron chi connectivity index (χ2n) is 5.89. The maximum Gasteiger partial charge on any atom is 0.332 e. The SMILES string of the molecule is CC1CC(C2=CCC(F)(F)CC2)=CC=C1C[C@@H](O)C(=O)O. The van der Waals surface area contributed by atoms with Gasteiger partial charge in [0.25, 0.3) is 5.92 Å². The summed E-state index contributed by atoms with van der Waals surface area (Å²) in [5, 5.41) is 18.1. The molecule has 0 fully saturated rings. The van der Waals surface area contributed by atoms with E-state index in [0.717, 1.165) is 16.7 Å². The zero-order valence-electron chi connectivity index (χ0n) is 12.0. The number of carboxylic acid groups (broad SMARTS) is 1. The quantitative estimate of drug-likeness (QED) is 0.835. The molecule has 2 N–H and O–H groups in total. The number of aliphatic carboxylic acids is 1. The first-order chi connectivity index (χ1) is 9.78. The van der Waals surface area contributed by atoms with Crippen molar-refractivity contribution in [1.82, 2.24) is 0 Å². The molecule has 0 amide bonds. The Morgan fingerprint density at radius 3 is 2.67 bits per heavy atom. The molecule has 2 aliphatic rings. The highest BCUT2D eigenvalue weighted by molar-refractivity contribution is 5.72. The topological polar surface area (TPSA) is 57.5 Å². The Bertz CT molecular complexity index is 518. The van der Waals surface area contributed by atoms with Crippen molar-refractivity contribution in [2.24, 2.45) is 5.92 Å². The first kappa shape index (κ1) is 15.9. The molecule has 0 bridgehead atoms. The number of hydrogen-bond acceptors (Lipinski definition) is 2. The van der Waals surface area contributed by atoms with Gasteiger partial charge in [-0.15, -0.1) is 0 Å². The highest BCUT2D eigenvalue weighted by atomic mass is 19.3. The van der Waals surface area contributed by atoms with E-state index in [4.69, 9.17) is 5.11 Å². The van der Waals surface area contributed by atoms with Crippen LogP contribution >= 0.6 is 0 Å². The largest absolute Gasteiger partial charge is 0.479 e. The zero-order chi connectivity index (χ0) is 15.6. The van der Waals surface area contributed by atoms with Crippen LogP contribution in [0.4, 0.5) is 8.78 Å². The summed E-state index contributed by atoms with van der Waals surface area (Å²) in [5.74, 6) is -3.70. The minimum Gasteiger partial charge on any atom is -0.479 e. The average Bonchev–Trinajstić information content (AvgIpc) is 2.41. The normalized spacial score (nSPS) is 26.5. The van der Waals surface area contributed by atoms with Crippen LogP contribution < -0.4 is 0 Å². The van der Waals surface area contributed by atoms with Gasteiger partial charge in [-0.25, -0.2) is 13.6 Å². The summed E-state index contributed by atoms with van der Waals surface area (Å²) in [6.45, 7) is 1.96. The van der Waals surface area contributed by atoms with Crippen LogP contribution in [0.5, 0.6) is 0 Å². The Morgan fingerprint density at radius 2 is 2.14 bits per heavy atom. The Labute approximate surface area is 122 Å². The number of rotatable bonds is 4. The molecule has 0 aromatic heterocycles. The van der Waals surface area contributed by atoms with Gasteiger partial charge < -0.3 is 10.2 Å². The van der Waals surface area contributed by atoms with Crippen LogP contribution in [-0.2, 0) is 4.79 Å². The Balaban J connectivity index is 2.08. The van der Waals surface area contributed by atoms with Crippen molar-refractivity contribution in [2.45, 2.75) is 51.1 Å². The van der Waals surface area contributed by atoms with Gasteiger partial charge in [0.05, 0.1) is 0 Å². The number of aliphatic hydroxyl groups excluding tert-OH is 1. The van der Waals surface area contributed by atoms with E-state index in [1.807, 2.05) is 19.1 Å². The van der Waals surface area contributed by atoms with Gasteiger partial charge in [-0.05, 0) is 29.9 Å². The number of carbonyl (C=O) groups is 1. The number of allylic oxidation sites excluding steroid dienone is 5. The molecule has 3 nitrogen and oxygen atoms in total. The van der Waals surface area contributed by atoms with Crippen LogP contribution in [0.2, 0.25) is 0 Å². The van der Waals surface area contributed by atoms with Gasteiger partial charge in [-0.3, -0.25) is 0 Å². The third kappa shape index (κ3) is 4.00. The summed E-state index contributed by atoms with van der Waals surface area (Å²) in [6.07, 6.45) is 4.80. The molecule has 1 unspecified atom stereocenters. The van der Waals surface area contributed by atoms with Crippen molar-refractivity contribution in [3.8, 4) is 0 Å². The third-order valence-corrected chi connectivity index (χ3v) is 4.19. The van der Waals surface area contributed by atoms with Crippen LogP contribution in [0.1, 0.15) is 39.0 Å². The van der Waals surface area contributed by atoms with Gasteiger partial charge in [-0.2, -0.15) is 0 Å². The Kier molecular flexibility index (Phi) is 4.61. The fourth-order valence-corrected chi connectivity index (χ4v) is 2.80. The van der Waals surface area contributed by atoms with Gasteiger partial charge in [0.2, 0.25) is 0 Å². The lowest BCUT2D eigenvalue weighted by Crippen LogP contribution is -2.23. The van der Waals surface area contributed by atoms with Crippen LogP contribution in [0.3, 0.4) is 0 Å². The van der Waals surface area contributed by atoms with Gasteiger partial charge in [0, 0.05) is 19.3 Å². The van der Waals surface area contributed by atoms with Crippen LogP contribution in [0.15, 0.2) is 34.9 Å². The predicted octanol–water partition coefficient (Wildman–Crippen LogP) is 3.46. The fraction of sp³-hybridized carbons (Fsp3) is 0.562. The van der Waals surface area contributed by atoms with E-state index >= 15 is 0 Å². The second kappa shape index (κ2) is 6.10. The number of alkyl halides is 2. The molecule has 0 heterocycles. The second-order valence-corrected chi connectivity index (χ2v) is 5.89. The van der Waals surface area contributed by atoms with Gasteiger partial charge in [0.15, 0.2) is 6.10 Å². The predicted molar refractivity (Wildman–Crippen MR) is 75.1 cm³/mol. The van der Waals surface area contributed by atoms with Crippen molar-refractivity contribution in [3.63, 3.8) is 0 Å². The maximum atomic E-state index is 13.1. The molecule has 0 spiro atoms. The molecular formula is C16H20F2O3. The van der Waals surface area contributed by atoms with Crippen molar-refractivity contribution in [3.05, 3.63) is 34.9 Å². The maximum absolute atomic E-state index is 13.1. The highest BCUT2D eigenvalue weighted by Gasteiger charge is 2.32. The number of carboxylic acids is 1. The molecule has 0 saturated carbocycles. The molecule has 2 atom stereocenters. The Morgan fingerprint density at radius 1 is 1.43 bits per heavy atom. The van der Waals surface area contributed by atoms with Crippen LogP contribution in [0.25, 0.3) is 0 Å².